The van der Waals surface area contributed by atoms with Crippen molar-refractivity contribution in [3.8, 4) is 0 Å². The number of nitrogens with zero attached hydrogens (tertiary/aromatic N) is 3. The number of carbonyl (C=O) groups excluding carboxylic acids is 1. The fourth-order valence-electron chi connectivity index (χ4n) is 2.93. The molecule has 0 fully saturated rings. The van der Waals surface area contributed by atoms with E-state index in [0.717, 1.165) is 15.9 Å². The number of anilines is 1. The van der Waals surface area contributed by atoms with E-state index in [0.29, 0.717) is 15.2 Å². The molecule has 11 heteroatoms. The highest BCUT2D eigenvalue weighted by Crippen LogP contribution is 2.35. The van der Waals surface area contributed by atoms with E-state index < -0.39 is 17.8 Å². The molecule has 2 aromatic carbocycles. The van der Waals surface area contributed by atoms with Gasteiger partial charge >= 0.3 is 6.18 Å². The average molecular weight is 542 g/mol. The number of carbonyl (C=O) groups is 1. The Balaban J connectivity index is 1.68. The van der Waals surface area contributed by atoms with Crippen molar-refractivity contribution in [1.82, 2.24) is 14.6 Å². The van der Waals surface area contributed by atoms with E-state index >= 15 is 0 Å². The number of aromatic nitrogens is 3. The van der Waals surface area contributed by atoms with Crippen LogP contribution in [0.25, 0.3) is 5.65 Å². The highest BCUT2D eigenvalue weighted by atomic mass is 79.9. The van der Waals surface area contributed by atoms with Crippen LogP contribution in [0.2, 0.25) is 5.02 Å². The van der Waals surface area contributed by atoms with Crippen molar-refractivity contribution < 1.29 is 18.0 Å². The zero-order valence-electron chi connectivity index (χ0n) is 16.2. The van der Waals surface area contributed by atoms with Gasteiger partial charge in [0.1, 0.15) is 5.69 Å². The Morgan fingerprint density at radius 1 is 1.16 bits per heavy atom. The van der Waals surface area contributed by atoms with Gasteiger partial charge in [-0.3, -0.25) is 4.79 Å². The maximum absolute atomic E-state index is 13.5. The van der Waals surface area contributed by atoms with E-state index in [4.69, 9.17) is 11.6 Å². The molecular formula is C21H13BrClF3N4OS. The molecule has 0 radical (unpaired) electrons. The van der Waals surface area contributed by atoms with E-state index in [2.05, 4.69) is 31.3 Å². The summed E-state index contributed by atoms with van der Waals surface area (Å²) in [6, 6.07) is 15.2. The lowest BCUT2D eigenvalue weighted by atomic mass is 10.3. The van der Waals surface area contributed by atoms with Gasteiger partial charge in [-0.15, -0.1) is 0 Å². The summed E-state index contributed by atoms with van der Waals surface area (Å²) in [5.41, 5.74) is -0.673. The van der Waals surface area contributed by atoms with Crippen molar-refractivity contribution in [1.29, 1.82) is 0 Å². The van der Waals surface area contributed by atoms with Crippen molar-refractivity contribution >= 4 is 56.5 Å². The minimum absolute atomic E-state index is 0.0760. The van der Waals surface area contributed by atoms with Crippen LogP contribution >= 0.6 is 39.3 Å². The van der Waals surface area contributed by atoms with Crippen LogP contribution in [-0.4, -0.2) is 20.5 Å². The first-order valence-corrected chi connectivity index (χ1v) is 11.1. The van der Waals surface area contributed by atoms with Crippen LogP contribution in [0, 0.1) is 6.92 Å². The van der Waals surface area contributed by atoms with Crippen molar-refractivity contribution in [2.24, 2.45) is 0 Å². The van der Waals surface area contributed by atoms with Gasteiger partial charge < -0.3 is 5.32 Å². The van der Waals surface area contributed by atoms with Gasteiger partial charge in [-0.1, -0.05) is 35.5 Å². The summed E-state index contributed by atoms with van der Waals surface area (Å²) < 4.78 is 41.1. The zero-order valence-corrected chi connectivity index (χ0v) is 19.4. The lowest BCUT2D eigenvalue weighted by Crippen LogP contribution is -2.16. The number of hydrogen-bond donors (Lipinski definition) is 1. The largest absolute Gasteiger partial charge is 0.433 e. The van der Waals surface area contributed by atoms with Gasteiger partial charge in [-0.25, -0.2) is 9.50 Å². The maximum atomic E-state index is 13.5. The number of para-hydroxylation sites is 1. The number of amides is 1. The highest BCUT2D eigenvalue weighted by molar-refractivity contribution is 9.10. The van der Waals surface area contributed by atoms with Crippen LogP contribution in [0.4, 0.5) is 18.9 Å². The Morgan fingerprint density at radius 3 is 2.53 bits per heavy atom. The van der Waals surface area contributed by atoms with Crippen molar-refractivity contribution in [3.05, 3.63) is 81.2 Å². The Hall–Kier alpha value is -2.56. The number of alkyl halides is 3. The standard InChI is InChI=1S/C21H13BrClF3N4OS/c1-11-10-16(21(24,25)26)30-19(27-11)17(22)18(29-30)20(31)28-14-4-2-3-5-15(14)32-13-8-6-12(23)7-9-13/h2-10H,1H3,(H,28,31). The molecule has 4 aromatic rings. The molecule has 0 aliphatic rings. The van der Waals surface area contributed by atoms with E-state index in [1.54, 1.807) is 24.3 Å². The molecule has 0 unspecified atom stereocenters. The second-order valence-electron chi connectivity index (χ2n) is 6.68. The fraction of sp³-hybridized carbons (Fsp3) is 0.0952. The van der Waals surface area contributed by atoms with Gasteiger partial charge in [0, 0.05) is 20.5 Å². The topological polar surface area (TPSA) is 59.3 Å². The van der Waals surface area contributed by atoms with E-state index in [1.807, 2.05) is 24.3 Å². The third-order valence-electron chi connectivity index (χ3n) is 4.34. The summed E-state index contributed by atoms with van der Waals surface area (Å²) in [5, 5.41) is 7.23. The minimum atomic E-state index is -4.66. The molecule has 4 rings (SSSR count). The lowest BCUT2D eigenvalue weighted by Gasteiger charge is -2.10. The number of aryl methyl sites for hydroxylation is 1. The molecular weight excluding hydrogens is 529 g/mol. The van der Waals surface area contributed by atoms with E-state index in [9.17, 15) is 18.0 Å². The Morgan fingerprint density at radius 2 is 1.84 bits per heavy atom. The Bertz CT molecular complexity index is 1330. The van der Waals surface area contributed by atoms with Crippen LogP contribution in [-0.2, 0) is 6.18 Å². The first kappa shape index (κ1) is 22.6. The summed E-state index contributed by atoms with van der Waals surface area (Å²) in [7, 11) is 0. The van der Waals surface area contributed by atoms with Gasteiger partial charge in [-0.2, -0.15) is 18.3 Å². The van der Waals surface area contributed by atoms with Crippen molar-refractivity contribution in [2.45, 2.75) is 22.9 Å². The van der Waals surface area contributed by atoms with E-state index in [-0.39, 0.29) is 21.5 Å². The minimum Gasteiger partial charge on any atom is -0.320 e. The van der Waals surface area contributed by atoms with Crippen molar-refractivity contribution in [3.63, 3.8) is 0 Å². The zero-order chi connectivity index (χ0) is 23.0. The van der Waals surface area contributed by atoms with Crippen molar-refractivity contribution in [2.75, 3.05) is 5.32 Å². The molecule has 0 saturated heterocycles. The second kappa shape index (κ2) is 8.76. The molecule has 0 saturated carbocycles. The van der Waals surface area contributed by atoms with E-state index in [1.165, 1.54) is 18.7 Å². The van der Waals surface area contributed by atoms with Crippen LogP contribution in [0.5, 0.6) is 0 Å². The first-order chi connectivity index (χ1) is 15.1. The summed E-state index contributed by atoms with van der Waals surface area (Å²) >= 11 is 10.5. The lowest BCUT2D eigenvalue weighted by molar-refractivity contribution is -0.142. The number of rotatable bonds is 4. The number of benzene rings is 2. The maximum Gasteiger partial charge on any atom is 0.433 e. The number of nitrogens with one attached hydrogen (secondary N) is 1. The molecule has 0 atom stereocenters. The average Bonchev–Trinajstić information content (AvgIpc) is 3.06. The first-order valence-electron chi connectivity index (χ1n) is 9.10. The number of halogens is 5. The van der Waals surface area contributed by atoms with Gasteiger partial charge in [0.25, 0.3) is 5.91 Å². The predicted octanol–water partition coefficient (Wildman–Crippen LogP) is 6.88. The molecule has 5 nitrogen and oxygen atoms in total. The third kappa shape index (κ3) is 4.62. The molecule has 0 aliphatic carbocycles. The van der Waals surface area contributed by atoms with Gasteiger partial charge in [0.2, 0.25) is 0 Å². The summed E-state index contributed by atoms with van der Waals surface area (Å²) in [4.78, 5) is 18.7. The number of fused-ring (bicyclic) bond motifs is 1. The van der Waals surface area contributed by atoms with Crippen LogP contribution < -0.4 is 5.32 Å². The SMILES string of the molecule is Cc1cc(C(F)(F)F)n2nc(C(=O)Nc3ccccc3Sc3ccc(Cl)cc3)c(Br)c2n1. The summed E-state index contributed by atoms with van der Waals surface area (Å²) in [5.74, 6) is -0.669. The molecule has 1 N–H and O–H groups in total. The predicted molar refractivity (Wildman–Crippen MR) is 120 cm³/mol. The van der Waals surface area contributed by atoms with Gasteiger partial charge in [0.05, 0.1) is 10.2 Å². The third-order valence-corrected chi connectivity index (χ3v) is 6.41. The van der Waals surface area contributed by atoms with Crippen LogP contribution in [0.1, 0.15) is 21.9 Å². The molecule has 164 valence electrons. The monoisotopic (exact) mass is 540 g/mol. The molecule has 0 bridgehead atoms. The summed E-state index contributed by atoms with van der Waals surface area (Å²) in [6.07, 6.45) is -4.66. The van der Waals surface area contributed by atoms with Crippen LogP contribution in [0.3, 0.4) is 0 Å². The second-order valence-corrected chi connectivity index (χ2v) is 9.03. The molecule has 1 amide bonds. The molecule has 2 heterocycles. The number of hydrogen-bond acceptors (Lipinski definition) is 4. The normalized spacial score (nSPS) is 11.7. The molecule has 32 heavy (non-hydrogen) atoms. The molecule has 0 spiro atoms. The van der Waals surface area contributed by atoms with Crippen LogP contribution in [0.15, 0.2) is 68.9 Å². The van der Waals surface area contributed by atoms with Gasteiger partial charge in [0.15, 0.2) is 11.3 Å². The summed E-state index contributed by atoms with van der Waals surface area (Å²) in [6.45, 7) is 1.44. The highest BCUT2D eigenvalue weighted by Gasteiger charge is 2.36. The Kier molecular flexibility index (Phi) is 6.19. The van der Waals surface area contributed by atoms with Gasteiger partial charge in [-0.05, 0) is 65.3 Å². The fourth-order valence-corrected chi connectivity index (χ4v) is 4.47. The Labute approximate surface area is 198 Å². The molecule has 0 aliphatic heterocycles. The smallest absolute Gasteiger partial charge is 0.320 e. The quantitative estimate of drug-likeness (QED) is 0.306. The molecule has 2 aromatic heterocycles.